The molecule has 1 atom stereocenters. The molecule has 0 aromatic heterocycles. The molecule has 1 aliphatic heterocycles. The van der Waals surface area contributed by atoms with Crippen LogP contribution < -0.4 is 10.6 Å². The summed E-state index contributed by atoms with van der Waals surface area (Å²) in [7, 11) is 0. The van der Waals surface area contributed by atoms with Gasteiger partial charge < -0.3 is 10.4 Å². The fourth-order valence-electron chi connectivity index (χ4n) is 1.93. The third-order valence-electron chi connectivity index (χ3n) is 2.93. The Morgan fingerprint density at radius 1 is 1.32 bits per heavy atom. The molecule has 0 saturated carbocycles. The Labute approximate surface area is 109 Å². The van der Waals surface area contributed by atoms with Gasteiger partial charge in [-0.15, -0.1) is 0 Å². The van der Waals surface area contributed by atoms with Gasteiger partial charge in [0.05, 0.1) is 12.3 Å². The summed E-state index contributed by atoms with van der Waals surface area (Å²) in [5.41, 5.74) is 1.51. The lowest BCUT2D eigenvalue weighted by Crippen LogP contribution is -2.25. The standard InChI is InChI=1S/C13H14N2O4/c16-11-6-9(13(19)15-11)7-14-10-3-1-8(2-4-10)5-12(17)18/h1-4,9,14H,5-7H2,(H,17,18)(H,15,16,19). The van der Waals surface area contributed by atoms with Crippen LogP contribution in [0.25, 0.3) is 0 Å². The number of amides is 2. The van der Waals surface area contributed by atoms with Crippen LogP contribution in [0, 0.1) is 5.92 Å². The zero-order chi connectivity index (χ0) is 13.8. The number of carboxylic acids is 1. The predicted octanol–water partition coefficient (Wildman–Crippen LogP) is 0.388. The van der Waals surface area contributed by atoms with Gasteiger partial charge in [-0.3, -0.25) is 19.7 Å². The minimum absolute atomic E-state index is 0.0141. The summed E-state index contributed by atoms with van der Waals surface area (Å²) in [4.78, 5) is 32.9. The van der Waals surface area contributed by atoms with Crippen molar-refractivity contribution in [1.29, 1.82) is 0 Å². The molecule has 0 aliphatic carbocycles. The van der Waals surface area contributed by atoms with Crippen molar-refractivity contribution in [2.45, 2.75) is 12.8 Å². The predicted molar refractivity (Wildman–Crippen MR) is 67.5 cm³/mol. The Morgan fingerprint density at radius 2 is 2.00 bits per heavy atom. The largest absolute Gasteiger partial charge is 0.481 e. The zero-order valence-electron chi connectivity index (χ0n) is 10.2. The number of nitrogens with one attached hydrogen (secondary N) is 2. The van der Waals surface area contributed by atoms with Crippen LogP contribution in [0.5, 0.6) is 0 Å². The number of hydrogen-bond acceptors (Lipinski definition) is 4. The van der Waals surface area contributed by atoms with Crippen LogP contribution in [0.4, 0.5) is 5.69 Å². The van der Waals surface area contributed by atoms with Gasteiger partial charge in [-0.2, -0.15) is 0 Å². The first-order chi connectivity index (χ1) is 9.04. The Hall–Kier alpha value is -2.37. The van der Waals surface area contributed by atoms with Crippen LogP contribution in [0.2, 0.25) is 0 Å². The summed E-state index contributed by atoms with van der Waals surface area (Å²) >= 11 is 0. The highest BCUT2D eigenvalue weighted by Gasteiger charge is 2.29. The number of carboxylic acid groups (broad SMARTS) is 1. The number of carbonyl (C=O) groups excluding carboxylic acids is 2. The molecule has 6 heteroatoms. The number of aliphatic carboxylic acids is 1. The molecule has 1 aromatic rings. The SMILES string of the molecule is O=C(O)Cc1ccc(NCC2CC(=O)NC2=O)cc1. The normalized spacial score (nSPS) is 18.2. The molecule has 1 aromatic carbocycles. The minimum Gasteiger partial charge on any atom is -0.481 e. The first kappa shape index (κ1) is 13.1. The fourth-order valence-corrected chi connectivity index (χ4v) is 1.93. The number of carbonyl (C=O) groups is 3. The van der Waals surface area contributed by atoms with Crippen molar-refractivity contribution in [2.75, 3.05) is 11.9 Å². The van der Waals surface area contributed by atoms with Crippen LogP contribution in [0.15, 0.2) is 24.3 Å². The second kappa shape index (κ2) is 5.51. The first-order valence-electron chi connectivity index (χ1n) is 5.93. The van der Waals surface area contributed by atoms with Crippen molar-refractivity contribution in [3.05, 3.63) is 29.8 Å². The van der Waals surface area contributed by atoms with Crippen LogP contribution in [0.3, 0.4) is 0 Å². The van der Waals surface area contributed by atoms with Gasteiger partial charge in [-0.05, 0) is 17.7 Å². The van der Waals surface area contributed by atoms with Crippen molar-refractivity contribution in [3.8, 4) is 0 Å². The molecular weight excluding hydrogens is 248 g/mol. The highest BCUT2D eigenvalue weighted by atomic mass is 16.4. The summed E-state index contributed by atoms with van der Waals surface area (Å²) in [6.07, 6.45) is 0.197. The maximum Gasteiger partial charge on any atom is 0.307 e. The summed E-state index contributed by atoms with van der Waals surface area (Å²) < 4.78 is 0. The lowest BCUT2D eigenvalue weighted by molar-refractivity contribution is -0.136. The highest BCUT2D eigenvalue weighted by Crippen LogP contribution is 2.14. The summed E-state index contributed by atoms with van der Waals surface area (Å²) in [6, 6.07) is 6.95. The van der Waals surface area contributed by atoms with Gasteiger partial charge in [0, 0.05) is 18.7 Å². The highest BCUT2D eigenvalue weighted by molar-refractivity contribution is 6.03. The number of benzene rings is 1. The number of rotatable bonds is 5. The van der Waals surface area contributed by atoms with E-state index in [0.29, 0.717) is 12.1 Å². The smallest absolute Gasteiger partial charge is 0.307 e. The Bertz CT molecular complexity index is 510. The molecule has 1 unspecified atom stereocenters. The van der Waals surface area contributed by atoms with Crippen molar-refractivity contribution < 1.29 is 19.5 Å². The summed E-state index contributed by atoms with van der Waals surface area (Å²) in [5.74, 6) is -1.71. The average molecular weight is 262 g/mol. The van der Waals surface area contributed by atoms with Gasteiger partial charge in [0.15, 0.2) is 0 Å². The fraction of sp³-hybridized carbons (Fsp3) is 0.308. The number of hydrogen-bond donors (Lipinski definition) is 3. The Balaban J connectivity index is 1.88. The van der Waals surface area contributed by atoms with E-state index in [4.69, 9.17) is 5.11 Å². The van der Waals surface area contributed by atoms with E-state index in [9.17, 15) is 14.4 Å². The molecule has 1 heterocycles. The molecule has 2 rings (SSSR count). The molecular formula is C13H14N2O4. The Kier molecular flexibility index (Phi) is 3.79. The van der Waals surface area contributed by atoms with Crippen molar-refractivity contribution in [1.82, 2.24) is 5.32 Å². The zero-order valence-corrected chi connectivity index (χ0v) is 10.2. The van der Waals surface area contributed by atoms with E-state index in [-0.39, 0.29) is 30.6 Å². The van der Waals surface area contributed by atoms with E-state index in [1.807, 2.05) is 0 Å². The van der Waals surface area contributed by atoms with E-state index in [2.05, 4.69) is 10.6 Å². The molecule has 0 bridgehead atoms. The van der Waals surface area contributed by atoms with E-state index < -0.39 is 5.97 Å². The van der Waals surface area contributed by atoms with Crippen LogP contribution in [-0.2, 0) is 20.8 Å². The van der Waals surface area contributed by atoms with Crippen molar-refractivity contribution in [2.24, 2.45) is 5.92 Å². The molecule has 0 spiro atoms. The van der Waals surface area contributed by atoms with E-state index >= 15 is 0 Å². The molecule has 1 fully saturated rings. The Morgan fingerprint density at radius 3 is 2.53 bits per heavy atom. The first-order valence-corrected chi connectivity index (χ1v) is 5.93. The quantitative estimate of drug-likeness (QED) is 0.667. The minimum atomic E-state index is -0.873. The summed E-state index contributed by atoms with van der Waals surface area (Å²) in [6.45, 7) is 0.385. The van der Waals surface area contributed by atoms with Gasteiger partial charge >= 0.3 is 5.97 Å². The summed E-state index contributed by atoms with van der Waals surface area (Å²) in [5, 5.41) is 14.0. The van der Waals surface area contributed by atoms with Gasteiger partial charge in [0.25, 0.3) is 0 Å². The van der Waals surface area contributed by atoms with E-state index in [0.717, 1.165) is 5.69 Å². The molecule has 3 N–H and O–H groups in total. The molecule has 1 aliphatic rings. The topological polar surface area (TPSA) is 95.5 Å². The monoisotopic (exact) mass is 262 g/mol. The molecule has 19 heavy (non-hydrogen) atoms. The van der Waals surface area contributed by atoms with Gasteiger partial charge in [-0.1, -0.05) is 12.1 Å². The van der Waals surface area contributed by atoms with Crippen LogP contribution in [-0.4, -0.2) is 29.4 Å². The van der Waals surface area contributed by atoms with Crippen LogP contribution >= 0.6 is 0 Å². The molecule has 0 radical (unpaired) electrons. The van der Waals surface area contributed by atoms with E-state index in [1.165, 1.54) is 0 Å². The second-order valence-corrected chi connectivity index (χ2v) is 4.46. The maximum atomic E-state index is 11.3. The lowest BCUT2D eigenvalue weighted by atomic mass is 10.1. The maximum absolute atomic E-state index is 11.3. The third-order valence-corrected chi connectivity index (χ3v) is 2.93. The van der Waals surface area contributed by atoms with Crippen LogP contribution in [0.1, 0.15) is 12.0 Å². The molecule has 1 saturated heterocycles. The van der Waals surface area contributed by atoms with Crippen molar-refractivity contribution in [3.63, 3.8) is 0 Å². The van der Waals surface area contributed by atoms with Gasteiger partial charge in [0.1, 0.15) is 0 Å². The van der Waals surface area contributed by atoms with Gasteiger partial charge in [-0.25, -0.2) is 0 Å². The lowest BCUT2D eigenvalue weighted by Gasteiger charge is -2.09. The van der Waals surface area contributed by atoms with E-state index in [1.54, 1.807) is 24.3 Å². The second-order valence-electron chi connectivity index (χ2n) is 4.46. The van der Waals surface area contributed by atoms with Crippen molar-refractivity contribution >= 4 is 23.5 Å². The molecule has 6 nitrogen and oxygen atoms in total. The number of anilines is 1. The molecule has 2 amide bonds. The van der Waals surface area contributed by atoms with Gasteiger partial charge in [0.2, 0.25) is 11.8 Å². The third kappa shape index (κ3) is 3.54. The molecule has 100 valence electrons. The number of imide groups is 1. The average Bonchev–Trinajstić information content (AvgIpc) is 2.66.